The zero-order valence-electron chi connectivity index (χ0n) is 26.0. The van der Waals surface area contributed by atoms with E-state index < -0.39 is 30.8 Å². The van der Waals surface area contributed by atoms with Gasteiger partial charge in [-0.05, 0) is 93.3 Å². The maximum absolute atomic E-state index is 13.7. The third-order valence-electron chi connectivity index (χ3n) is 8.46. The Labute approximate surface area is 265 Å². The molecule has 0 spiro atoms. The summed E-state index contributed by atoms with van der Waals surface area (Å²) in [6.45, 7) is 4.84. The quantitative estimate of drug-likeness (QED) is 0.300. The smallest absolute Gasteiger partial charge is 0.282 e. The first kappa shape index (κ1) is 31.4. The average molecular weight is 631 g/mol. The molecule has 2 aromatic heterocycles. The summed E-state index contributed by atoms with van der Waals surface area (Å²) in [5.41, 5.74) is 1.42. The topological polar surface area (TPSA) is 129 Å². The van der Waals surface area contributed by atoms with Crippen LogP contribution < -0.4 is 20.9 Å². The Bertz CT molecular complexity index is 1780. The van der Waals surface area contributed by atoms with Gasteiger partial charge in [0.1, 0.15) is 11.4 Å². The number of halogens is 2. The summed E-state index contributed by atoms with van der Waals surface area (Å²) in [5.74, 6) is -3.39. The first-order valence-electron chi connectivity index (χ1n) is 15.6. The van der Waals surface area contributed by atoms with Gasteiger partial charge in [0.25, 0.3) is 23.3 Å². The summed E-state index contributed by atoms with van der Waals surface area (Å²) in [7, 11) is 0. The SMILES string of the molecule is CC(C)Oc1cc(-c2ccc(C#N)cc2C(=O)N2CC(F)(F)C2)cc(NC(=O)c2cc(CN[C@@H](C)C3CC3)cn(C3CC3)c2=O)n1. The summed E-state index contributed by atoms with van der Waals surface area (Å²) in [6, 6.07) is 11.5. The molecule has 2 aliphatic carbocycles. The zero-order valence-corrected chi connectivity index (χ0v) is 26.0. The fraction of sp³-hybridized carbons (Fsp3) is 0.441. The minimum Gasteiger partial charge on any atom is -0.475 e. The molecular weight excluding hydrogens is 594 g/mol. The molecule has 12 heteroatoms. The van der Waals surface area contributed by atoms with Crippen LogP contribution in [0.5, 0.6) is 5.88 Å². The van der Waals surface area contributed by atoms with Crippen molar-refractivity contribution < 1.29 is 23.1 Å². The van der Waals surface area contributed by atoms with Gasteiger partial charge in [-0.15, -0.1) is 0 Å². The maximum Gasteiger partial charge on any atom is 0.282 e. The van der Waals surface area contributed by atoms with E-state index in [4.69, 9.17) is 4.74 Å². The molecule has 240 valence electrons. The van der Waals surface area contributed by atoms with Crippen molar-refractivity contribution in [1.29, 1.82) is 5.26 Å². The molecule has 3 aromatic rings. The second-order valence-corrected chi connectivity index (χ2v) is 12.8. The number of hydrogen-bond donors (Lipinski definition) is 2. The van der Waals surface area contributed by atoms with Crippen LogP contribution in [0.15, 0.2) is 47.4 Å². The van der Waals surface area contributed by atoms with Crippen LogP contribution in [0.2, 0.25) is 0 Å². The minimum absolute atomic E-state index is 0.0169. The zero-order chi connectivity index (χ0) is 32.7. The number of ether oxygens (including phenoxy) is 1. The van der Waals surface area contributed by atoms with Crippen LogP contribution in [0.25, 0.3) is 11.1 Å². The van der Waals surface area contributed by atoms with E-state index in [2.05, 4.69) is 22.5 Å². The number of anilines is 1. The number of carbonyl (C=O) groups is 2. The number of rotatable bonds is 11. The first-order chi connectivity index (χ1) is 21.9. The van der Waals surface area contributed by atoms with Crippen LogP contribution >= 0.6 is 0 Å². The van der Waals surface area contributed by atoms with Gasteiger partial charge in [-0.2, -0.15) is 10.2 Å². The van der Waals surface area contributed by atoms with Gasteiger partial charge in [-0.1, -0.05) is 6.07 Å². The molecule has 46 heavy (non-hydrogen) atoms. The summed E-state index contributed by atoms with van der Waals surface area (Å²) in [5, 5.41) is 15.7. The lowest BCUT2D eigenvalue weighted by atomic mass is 9.96. The number of aromatic nitrogens is 2. The van der Waals surface area contributed by atoms with Crippen molar-refractivity contribution in [3.8, 4) is 23.1 Å². The van der Waals surface area contributed by atoms with Gasteiger partial charge in [0.2, 0.25) is 5.88 Å². The molecule has 6 rings (SSSR count). The third-order valence-corrected chi connectivity index (χ3v) is 8.46. The Morgan fingerprint density at radius 1 is 1.09 bits per heavy atom. The minimum atomic E-state index is -2.96. The Morgan fingerprint density at radius 3 is 2.46 bits per heavy atom. The van der Waals surface area contributed by atoms with Gasteiger partial charge < -0.3 is 24.8 Å². The normalized spacial score (nSPS) is 17.6. The highest BCUT2D eigenvalue weighted by Gasteiger charge is 2.46. The number of amides is 2. The second-order valence-electron chi connectivity index (χ2n) is 12.8. The molecule has 0 radical (unpaired) electrons. The molecule has 2 N–H and O–H groups in total. The number of benzene rings is 1. The monoisotopic (exact) mass is 630 g/mol. The third kappa shape index (κ3) is 6.94. The molecule has 1 saturated heterocycles. The van der Waals surface area contributed by atoms with Crippen LogP contribution in [0.1, 0.15) is 84.3 Å². The lowest BCUT2D eigenvalue weighted by Crippen LogP contribution is -2.58. The van der Waals surface area contributed by atoms with Gasteiger partial charge in [0.05, 0.1) is 30.8 Å². The van der Waals surface area contributed by atoms with E-state index in [0.717, 1.165) is 23.3 Å². The van der Waals surface area contributed by atoms with Crippen molar-refractivity contribution in [2.45, 2.75) is 77.1 Å². The van der Waals surface area contributed by atoms with Crippen LogP contribution in [0.3, 0.4) is 0 Å². The Hall–Kier alpha value is -4.63. The Kier molecular flexibility index (Phi) is 8.37. The predicted octanol–water partition coefficient (Wildman–Crippen LogP) is 5.14. The van der Waals surface area contributed by atoms with Crippen LogP contribution in [-0.2, 0) is 6.54 Å². The van der Waals surface area contributed by atoms with E-state index in [1.54, 1.807) is 36.6 Å². The molecule has 3 fully saturated rings. The molecule has 2 saturated carbocycles. The molecule has 1 aromatic carbocycles. The fourth-order valence-electron chi connectivity index (χ4n) is 5.66. The predicted molar refractivity (Wildman–Crippen MR) is 167 cm³/mol. The highest BCUT2D eigenvalue weighted by molar-refractivity contribution is 6.05. The molecule has 1 atom stereocenters. The number of likely N-dealkylation sites (tertiary alicyclic amines) is 1. The van der Waals surface area contributed by atoms with Crippen molar-refractivity contribution in [2.24, 2.45) is 5.92 Å². The van der Waals surface area contributed by atoms with Crippen molar-refractivity contribution in [3.05, 3.63) is 75.2 Å². The van der Waals surface area contributed by atoms with E-state index in [1.165, 1.54) is 31.0 Å². The Balaban J connectivity index is 1.33. The number of nitrogens with zero attached hydrogens (tertiary/aromatic N) is 4. The van der Waals surface area contributed by atoms with E-state index in [0.29, 0.717) is 29.6 Å². The van der Waals surface area contributed by atoms with Gasteiger partial charge >= 0.3 is 0 Å². The first-order valence-corrected chi connectivity index (χ1v) is 15.6. The van der Waals surface area contributed by atoms with Gasteiger partial charge in [-0.3, -0.25) is 14.4 Å². The highest BCUT2D eigenvalue weighted by Crippen LogP contribution is 2.36. The van der Waals surface area contributed by atoms with Crippen molar-refractivity contribution >= 4 is 17.6 Å². The average Bonchev–Trinajstić information content (AvgIpc) is 3.91. The molecule has 3 aliphatic rings. The summed E-state index contributed by atoms with van der Waals surface area (Å²) in [4.78, 5) is 45.9. The van der Waals surface area contributed by atoms with Gasteiger partial charge in [-0.25, -0.2) is 8.78 Å². The summed E-state index contributed by atoms with van der Waals surface area (Å²) >= 11 is 0. The molecular formula is C34H36F2N6O4. The molecule has 1 aliphatic heterocycles. The number of alkyl halides is 2. The lowest BCUT2D eigenvalue weighted by Gasteiger charge is -2.39. The standard InChI is InChI=1S/C34H36F2N6O4/c1-19(2)46-30-13-24(26-9-4-21(14-37)10-27(26)32(44)41-17-34(35,36)18-41)12-29(39-30)40-31(43)28-11-22(15-38-20(3)23-5-6-23)16-42(33(28)45)25-7-8-25/h4,9-13,16,19-20,23,25,38H,5-8,15,17-18H2,1-3H3,(H,39,40,43)/t20-/m0/s1. The number of hydrogen-bond acceptors (Lipinski definition) is 7. The number of nitriles is 1. The fourth-order valence-corrected chi connectivity index (χ4v) is 5.66. The summed E-state index contributed by atoms with van der Waals surface area (Å²) < 4.78 is 34.7. The van der Waals surface area contributed by atoms with Crippen LogP contribution in [0.4, 0.5) is 14.6 Å². The van der Waals surface area contributed by atoms with E-state index in [1.807, 2.05) is 12.3 Å². The van der Waals surface area contributed by atoms with E-state index >= 15 is 0 Å². The van der Waals surface area contributed by atoms with Crippen LogP contribution in [-0.4, -0.2) is 57.4 Å². The van der Waals surface area contributed by atoms with E-state index in [-0.39, 0.29) is 46.1 Å². The van der Waals surface area contributed by atoms with Crippen molar-refractivity contribution in [2.75, 3.05) is 18.4 Å². The number of pyridine rings is 2. The number of nitrogens with one attached hydrogen (secondary N) is 2. The highest BCUT2D eigenvalue weighted by atomic mass is 19.3. The van der Waals surface area contributed by atoms with Crippen molar-refractivity contribution in [3.63, 3.8) is 0 Å². The lowest BCUT2D eigenvalue weighted by molar-refractivity contribution is -0.113. The maximum atomic E-state index is 13.7. The molecule has 3 heterocycles. The van der Waals surface area contributed by atoms with Gasteiger partial charge in [0.15, 0.2) is 0 Å². The largest absolute Gasteiger partial charge is 0.475 e. The van der Waals surface area contributed by atoms with Crippen molar-refractivity contribution in [1.82, 2.24) is 19.8 Å². The summed E-state index contributed by atoms with van der Waals surface area (Å²) in [6.07, 6.45) is 5.68. The second kappa shape index (κ2) is 12.3. The van der Waals surface area contributed by atoms with Crippen LogP contribution in [0, 0.1) is 17.2 Å². The molecule has 0 bridgehead atoms. The molecule has 0 unspecified atom stereocenters. The molecule has 2 amide bonds. The van der Waals surface area contributed by atoms with Gasteiger partial charge in [0, 0.05) is 36.5 Å². The molecule has 10 nitrogen and oxygen atoms in total. The van der Waals surface area contributed by atoms with E-state index in [9.17, 15) is 28.4 Å². The number of carbonyl (C=O) groups excluding carboxylic acids is 2. The Morgan fingerprint density at radius 2 is 1.83 bits per heavy atom.